The first-order valence-electron chi connectivity index (χ1n) is 6.32. The molecule has 0 aromatic heterocycles. The fraction of sp³-hybridized carbons (Fsp3) is 0.692. The van der Waals surface area contributed by atoms with Crippen LogP contribution in [0.15, 0.2) is 12.7 Å². The molecule has 1 unspecified atom stereocenters. The van der Waals surface area contributed by atoms with E-state index in [1.165, 1.54) is 6.08 Å². The van der Waals surface area contributed by atoms with Crippen LogP contribution < -0.4 is 5.32 Å². The van der Waals surface area contributed by atoms with Crippen molar-refractivity contribution in [1.82, 2.24) is 5.32 Å². The van der Waals surface area contributed by atoms with Crippen LogP contribution in [0.1, 0.15) is 45.4 Å². The lowest BCUT2D eigenvalue weighted by atomic mass is 10.1. The summed E-state index contributed by atoms with van der Waals surface area (Å²) in [5.74, 6) is -0.741. The number of aliphatic carboxylic acids is 1. The molecule has 0 aliphatic heterocycles. The third-order valence-corrected chi connectivity index (χ3v) is 2.47. The predicted octanol–water partition coefficient (Wildman–Crippen LogP) is 2.71. The second kappa shape index (κ2) is 10.6. The molecular formula is C13H23NO4. The van der Waals surface area contributed by atoms with Gasteiger partial charge in [-0.3, -0.25) is 4.79 Å². The summed E-state index contributed by atoms with van der Waals surface area (Å²) in [6.07, 6.45) is 5.81. The minimum atomic E-state index is -0.741. The first kappa shape index (κ1) is 16.5. The van der Waals surface area contributed by atoms with E-state index in [4.69, 9.17) is 9.84 Å². The third-order valence-electron chi connectivity index (χ3n) is 2.47. The molecule has 0 fully saturated rings. The van der Waals surface area contributed by atoms with Crippen molar-refractivity contribution in [3.05, 3.63) is 12.7 Å². The first-order chi connectivity index (χ1) is 8.56. The van der Waals surface area contributed by atoms with Gasteiger partial charge in [-0.2, -0.15) is 0 Å². The number of carboxylic acid groups (broad SMARTS) is 1. The van der Waals surface area contributed by atoms with E-state index in [2.05, 4.69) is 11.9 Å². The molecule has 1 amide bonds. The van der Waals surface area contributed by atoms with Gasteiger partial charge in [-0.1, -0.05) is 31.9 Å². The van der Waals surface area contributed by atoms with Gasteiger partial charge in [0.15, 0.2) is 0 Å². The molecule has 2 N–H and O–H groups in total. The number of amides is 1. The Morgan fingerprint density at radius 2 is 2.00 bits per heavy atom. The van der Waals surface area contributed by atoms with Crippen LogP contribution in [0.4, 0.5) is 4.79 Å². The third kappa shape index (κ3) is 11.0. The lowest BCUT2D eigenvalue weighted by Gasteiger charge is -2.13. The van der Waals surface area contributed by atoms with Crippen LogP contribution in [0.25, 0.3) is 0 Å². The standard InChI is InChI=1S/C13H23NO4/c1-3-10-18-13(17)14-11(2)8-6-4-5-7-9-12(15)16/h3,11H,1,4-10H2,2H3,(H,14,17)(H,15,16). The number of hydrogen-bond acceptors (Lipinski definition) is 3. The Hall–Kier alpha value is -1.52. The average Bonchev–Trinajstić information content (AvgIpc) is 2.30. The molecule has 0 radical (unpaired) electrons. The second-order valence-corrected chi connectivity index (χ2v) is 4.28. The number of carboxylic acids is 1. The molecular weight excluding hydrogens is 234 g/mol. The van der Waals surface area contributed by atoms with E-state index >= 15 is 0 Å². The maximum atomic E-state index is 11.2. The number of alkyl carbamates (subject to hydrolysis) is 1. The number of nitrogens with one attached hydrogen (secondary N) is 1. The maximum absolute atomic E-state index is 11.2. The molecule has 0 aromatic rings. The van der Waals surface area contributed by atoms with Crippen LogP contribution in [0.2, 0.25) is 0 Å². The van der Waals surface area contributed by atoms with Gasteiger partial charge in [-0.25, -0.2) is 4.79 Å². The van der Waals surface area contributed by atoms with E-state index in [0.717, 1.165) is 32.1 Å². The molecule has 0 saturated heterocycles. The largest absolute Gasteiger partial charge is 0.481 e. The Balaban J connectivity index is 3.41. The van der Waals surface area contributed by atoms with Crippen molar-refractivity contribution in [3.8, 4) is 0 Å². The van der Waals surface area contributed by atoms with Gasteiger partial charge in [0, 0.05) is 12.5 Å². The van der Waals surface area contributed by atoms with E-state index in [9.17, 15) is 9.59 Å². The summed E-state index contributed by atoms with van der Waals surface area (Å²) in [5, 5.41) is 11.2. The Bertz CT molecular complexity index is 266. The highest BCUT2D eigenvalue weighted by molar-refractivity contribution is 5.67. The fourth-order valence-electron chi connectivity index (χ4n) is 1.53. The molecule has 0 heterocycles. The molecule has 1 atom stereocenters. The zero-order valence-electron chi connectivity index (χ0n) is 11.0. The summed E-state index contributed by atoms with van der Waals surface area (Å²) in [5.41, 5.74) is 0. The van der Waals surface area contributed by atoms with Crippen molar-refractivity contribution in [2.24, 2.45) is 0 Å². The zero-order valence-corrected chi connectivity index (χ0v) is 11.0. The summed E-state index contributed by atoms with van der Waals surface area (Å²) >= 11 is 0. The van der Waals surface area contributed by atoms with Crippen molar-refractivity contribution in [2.45, 2.75) is 51.5 Å². The van der Waals surface area contributed by atoms with Gasteiger partial charge in [0.2, 0.25) is 0 Å². The van der Waals surface area contributed by atoms with Crippen LogP contribution in [0, 0.1) is 0 Å². The first-order valence-corrected chi connectivity index (χ1v) is 6.32. The van der Waals surface area contributed by atoms with Crippen LogP contribution in [0.3, 0.4) is 0 Å². The summed E-state index contributed by atoms with van der Waals surface area (Å²) in [6.45, 7) is 5.59. The lowest BCUT2D eigenvalue weighted by molar-refractivity contribution is -0.137. The normalized spacial score (nSPS) is 11.6. The van der Waals surface area contributed by atoms with E-state index in [1.807, 2.05) is 6.92 Å². The molecule has 5 nitrogen and oxygen atoms in total. The Morgan fingerprint density at radius 1 is 1.33 bits per heavy atom. The topological polar surface area (TPSA) is 75.6 Å². The van der Waals surface area contributed by atoms with Crippen LogP contribution >= 0.6 is 0 Å². The van der Waals surface area contributed by atoms with Crippen LogP contribution in [-0.4, -0.2) is 29.8 Å². The van der Waals surface area contributed by atoms with Crippen molar-refractivity contribution in [2.75, 3.05) is 6.61 Å². The smallest absolute Gasteiger partial charge is 0.407 e. The minimum Gasteiger partial charge on any atom is -0.481 e. The highest BCUT2D eigenvalue weighted by Crippen LogP contribution is 2.07. The van der Waals surface area contributed by atoms with Gasteiger partial charge in [-0.05, 0) is 19.8 Å². The molecule has 0 rings (SSSR count). The second-order valence-electron chi connectivity index (χ2n) is 4.28. The number of carbonyl (C=O) groups excluding carboxylic acids is 1. The maximum Gasteiger partial charge on any atom is 0.407 e. The molecule has 0 saturated carbocycles. The number of hydrogen-bond donors (Lipinski definition) is 2. The minimum absolute atomic E-state index is 0.0711. The van der Waals surface area contributed by atoms with Gasteiger partial charge < -0.3 is 15.2 Å². The van der Waals surface area contributed by atoms with Gasteiger partial charge in [0.1, 0.15) is 6.61 Å². The van der Waals surface area contributed by atoms with Crippen molar-refractivity contribution < 1.29 is 19.4 Å². The summed E-state index contributed by atoms with van der Waals surface area (Å²) in [7, 11) is 0. The number of ether oxygens (including phenoxy) is 1. The Morgan fingerprint density at radius 3 is 2.61 bits per heavy atom. The highest BCUT2D eigenvalue weighted by atomic mass is 16.5. The van der Waals surface area contributed by atoms with E-state index in [1.54, 1.807) is 0 Å². The van der Waals surface area contributed by atoms with E-state index < -0.39 is 12.1 Å². The molecule has 0 aromatic carbocycles. The summed E-state index contributed by atoms with van der Waals surface area (Å²) < 4.78 is 4.80. The molecule has 18 heavy (non-hydrogen) atoms. The van der Waals surface area contributed by atoms with Gasteiger partial charge in [0.25, 0.3) is 0 Å². The monoisotopic (exact) mass is 257 g/mol. The van der Waals surface area contributed by atoms with E-state index in [0.29, 0.717) is 0 Å². The van der Waals surface area contributed by atoms with Crippen molar-refractivity contribution in [1.29, 1.82) is 0 Å². The lowest BCUT2D eigenvalue weighted by Crippen LogP contribution is -2.33. The zero-order chi connectivity index (χ0) is 13.8. The number of rotatable bonds is 10. The molecule has 0 aliphatic rings. The fourth-order valence-corrected chi connectivity index (χ4v) is 1.53. The predicted molar refractivity (Wildman–Crippen MR) is 69.5 cm³/mol. The number of carbonyl (C=O) groups is 2. The average molecular weight is 257 g/mol. The number of unbranched alkanes of at least 4 members (excludes halogenated alkanes) is 3. The molecule has 5 heteroatoms. The highest BCUT2D eigenvalue weighted by Gasteiger charge is 2.07. The Labute approximate surface area is 108 Å². The molecule has 0 spiro atoms. The Kier molecular flexibility index (Phi) is 9.73. The molecule has 104 valence electrons. The summed E-state index contributed by atoms with van der Waals surface area (Å²) in [6, 6.07) is 0.0711. The van der Waals surface area contributed by atoms with Gasteiger partial charge >= 0.3 is 12.1 Å². The SMILES string of the molecule is C=CCOC(=O)NC(C)CCCCCCC(=O)O. The van der Waals surface area contributed by atoms with E-state index in [-0.39, 0.29) is 19.1 Å². The van der Waals surface area contributed by atoms with Gasteiger partial charge in [0.05, 0.1) is 0 Å². The van der Waals surface area contributed by atoms with Crippen molar-refractivity contribution >= 4 is 12.1 Å². The summed E-state index contributed by atoms with van der Waals surface area (Å²) in [4.78, 5) is 21.5. The van der Waals surface area contributed by atoms with Gasteiger partial charge in [-0.15, -0.1) is 0 Å². The molecule has 0 aliphatic carbocycles. The quantitative estimate of drug-likeness (QED) is 0.466. The van der Waals surface area contributed by atoms with Crippen LogP contribution in [-0.2, 0) is 9.53 Å². The van der Waals surface area contributed by atoms with Crippen molar-refractivity contribution in [3.63, 3.8) is 0 Å². The molecule has 0 bridgehead atoms. The van der Waals surface area contributed by atoms with Crippen LogP contribution in [0.5, 0.6) is 0 Å².